The molecule has 2 aromatic carbocycles. The molecule has 0 unspecified atom stereocenters. The predicted molar refractivity (Wildman–Crippen MR) is 81.5 cm³/mol. The molecule has 2 nitrogen and oxygen atoms in total. The van der Waals surface area contributed by atoms with E-state index in [-0.39, 0.29) is 5.91 Å². The maximum absolute atomic E-state index is 11.7. The van der Waals surface area contributed by atoms with E-state index in [9.17, 15) is 4.79 Å². The third-order valence-electron chi connectivity index (χ3n) is 2.26. The average molecular weight is 290 g/mol. The third-order valence-corrected chi connectivity index (χ3v) is 3.31. The topological polar surface area (TPSA) is 29.1 Å². The Bertz CT molecular complexity index is 584. The number of amides is 1. The first-order chi connectivity index (χ1) is 9.24. The van der Waals surface area contributed by atoms with Gasteiger partial charge in [0, 0.05) is 21.7 Å². The van der Waals surface area contributed by atoms with Crippen LogP contribution < -0.4 is 5.32 Å². The van der Waals surface area contributed by atoms with Crippen LogP contribution in [0.3, 0.4) is 0 Å². The molecule has 1 N–H and O–H groups in total. The van der Waals surface area contributed by atoms with Gasteiger partial charge in [-0.25, -0.2) is 0 Å². The van der Waals surface area contributed by atoms with Crippen LogP contribution in [-0.4, -0.2) is 5.91 Å². The summed E-state index contributed by atoms with van der Waals surface area (Å²) in [5.74, 6) is -0.175. The Morgan fingerprint density at radius 2 is 1.89 bits per heavy atom. The molecule has 1 amide bonds. The van der Waals surface area contributed by atoms with Crippen molar-refractivity contribution in [2.45, 2.75) is 4.90 Å². The van der Waals surface area contributed by atoms with Crippen molar-refractivity contribution in [1.29, 1.82) is 0 Å². The second-order valence-corrected chi connectivity index (χ2v) is 5.15. The zero-order valence-corrected chi connectivity index (χ0v) is 11.6. The molecule has 0 atom stereocenters. The lowest BCUT2D eigenvalue weighted by Gasteiger charge is -2.01. The lowest BCUT2D eigenvalue weighted by molar-refractivity contribution is -0.111. The van der Waals surface area contributed by atoms with Gasteiger partial charge in [-0.3, -0.25) is 4.79 Å². The van der Waals surface area contributed by atoms with Crippen LogP contribution in [0.2, 0.25) is 5.02 Å². The lowest BCUT2D eigenvalue weighted by Crippen LogP contribution is -2.07. The number of hydrogen-bond donors (Lipinski definition) is 1. The van der Waals surface area contributed by atoms with Gasteiger partial charge in [0.2, 0.25) is 5.91 Å². The van der Waals surface area contributed by atoms with Gasteiger partial charge in [0.25, 0.3) is 0 Å². The summed E-state index contributed by atoms with van der Waals surface area (Å²) >= 11 is 7.33. The number of anilines is 1. The Labute approximate surface area is 121 Å². The molecule has 2 rings (SSSR count). The summed E-state index contributed by atoms with van der Waals surface area (Å²) in [5, 5.41) is 5.10. The first-order valence-electron chi connectivity index (χ1n) is 5.69. The minimum absolute atomic E-state index is 0.175. The number of halogens is 1. The van der Waals surface area contributed by atoms with Crippen LogP contribution in [0.1, 0.15) is 0 Å². The van der Waals surface area contributed by atoms with Gasteiger partial charge in [-0.2, -0.15) is 0 Å². The monoisotopic (exact) mass is 289 g/mol. The number of rotatable bonds is 4. The number of thioether (sulfide) groups is 1. The summed E-state index contributed by atoms with van der Waals surface area (Å²) in [6.07, 6.45) is 1.50. The fourth-order valence-corrected chi connectivity index (χ4v) is 2.28. The highest BCUT2D eigenvalue weighted by Gasteiger charge is 1.98. The molecule has 0 fully saturated rings. The Morgan fingerprint density at radius 3 is 2.63 bits per heavy atom. The van der Waals surface area contributed by atoms with E-state index in [0.29, 0.717) is 10.7 Å². The minimum Gasteiger partial charge on any atom is -0.322 e. The van der Waals surface area contributed by atoms with Gasteiger partial charge in [-0.05, 0) is 35.7 Å². The van der Waals surface area contributed by atoms with E-state index in [1.807, 2.05) is 30.3 Å². The Kier molecular flexibility index (Phi) is 5.07. The van der Waals surface area contributed by atoms with Crippen molar-refractivity contribution in [2.24, 2.45) is 0 Å². The standard InChI is InChI=1S/C15H12ClNOS/c16-12-5-4-6-13(11-12)17-15(18)9-10-19-14-7-2-1-3-8-14/h1-11H,(H,17,18)/b10-9+. The molecule has 0 saturated heterocycles. The number of nitrogens with one attached hydrogen (secondary N) is 1. The zero-order chi connectivity index (χ0) is 13.5. The molecule has 19 heavy (non-hydrogen) atoms. The molecule has 0 aliphatic rings. The molecular formula is C15H12ClNOS. The highest BCUT2D eigenvalue weighted by atomic mass is 35.5. The highest BCUT2D eigenvalue weighted by molar-refractivity contribution is 8.02. The van der Waals surface area contributed by atoms with E-state index in [4.69, 9.17) is 11.6 Å². The fourth-order valence-electron chi connectivity index (χ4n) is 1.42. The molecule has 0 aromatic heterocycles. The van der Waals surface area contributed by atoms with Crippen LogP contribution in [0.25, 0.3) is 0 Å². The van der Waals surface area contributed by atoms with Gasteiger partial charge in [0.05, 0.1) is 0 Å². The van der Waals surface area contributed by atoms with E-state index < -0.39 is 0 Å². The largest absolute Gasteiger partial charge is 0.322 e. The number of carbonyl (C=O) groups is 1. The van der Waals surface area contributed by atoms with Crippen molar-refractivity contribution >= 4 is 35.0 Å². The summed E-state index contributed by atoms with van der Waals surface area (Å²) in [6.45, 7) is 0. The average Bonchev–Trinajstić information content (AvgIpc) is 2.40. The van der Waals surface area contributed by atoms with Crippen molar-refractivity contribution in [3.8, 4) is 0 Å². The fraction of sp³-hybridized carbons (Fsp3) is 0. The Balaban J connectivity index is 1.88. The summed E-state index contributed by atoms with van der Waals surface area (Å²) in [4.78, 5) is 12.8. The first-order valence-corrected chi connectivity index (χ1v) is 6.94. The van der Waals surface area contributed by atoms with Gasteiger partial charge in [0.1, 0.15) is 0 Å². The lowest BCUT2D eigenvalue weighted by atomic mass is 10.3. The molecule has 0 spiro atoms. The number of carbonyl (C=O) groups excluding carboxylic acids is 1. The van der Waals surface area contributed by atoms with Gasteiger partial charge >= 0.3 is 0 Å². The molecule has 0 aliphatic heterocycles. The molecule has 96 valence electrons. The molecule has 0 radical (unpaired) electrons. The number of hydrogen-bond acceptors (Lipinski definition) is 2. The van der Waals surface area contributed by atoms with Crippen LogP contribution in [0.15, 0.2) is 71.0 Å². The normalized spacial score (nSPS) is 10.6. The van der Waals surface area contributed by atoms with E-state index in [1.165, 1.54) is 17.8 Å². The molecular weight excluding hydrogens is 278 g/mol. The summed E-state index contributed by atoms with van der Waals surface area (Å²) in [6, 6.07) is 16.9. The van der Waals surface area contributed by atoms with Gasteiger partial charge in [-0.1, -0.05) is 47.6 Å². The molecule has 0 saturated carbocycles. The first kappa shape index (κ1) is 13.7. The van der Waals surface area contributed by atoms with Crippen LogP contribution >= 0.6 is 23.4 Å². The smallest absolute Gasteiger partial charge is 0.248 e. The van der Waals surface area contributed by atoms with Crippen LogP contribution in [0.5, 0.6) is 0 Å². The zero-order valence-electron chi connectivity index (χ0n) is 10.0. The summed E-state index contributed by atoms with van der Waals surface area (Å²) < 4.78 is 0. The highest BCUT2D eigenvalue weighted by Crippen LogP contribution is 2.18. The Hall–Kier alpha value is -1.71. The van der Waals surface area contributed by atoms with Crippen LogP contribution in [-0.2, 0) is 4.79 Å². The van der Waals surface area contributed by atoms with E-state index >= 15 is 0 Å². The third kappa shape index (κ3) is 4.81. The molecule has 0 heterocycles. The van der Waals surface area contributed by atoms with Gasteiger partial charge in [0.15, 0.2) is 0 Å². The summed E-state index contributed by atoms with van der Waals surface area (Å²) in [7, 11) is 0. The maximum Gasteiger partial charge on any atom is 0.248 e. The van der Waals surface area contributed by atoms with Crippen LogP contribution in [0, 0.1) is 0 Å². The van der Waals surface area contributed by atoms with Gasteiger partial charge < -0.3 is 5.32 Å². The Morgan fingerprint density at radius 1 is 1.11 bits per heavy atom. The van der Waals surface area contributed by atoms with Crippen LogP contribution in [0.4, 0.5) is 5.69 Å². The van der Waals surface area contributed by atoms with Gasteiger partial charge in [-0.15, -0.1) is 0 Å². The second-order valence-electron chi connectivity index (χ2n) is 3.73. The van der Waals surface area contributed by atoms with E-state index in [2.05, 4.69) is 5.32 Å². The SMILES string of the molecule is O=C(/C=C/Sc1ccccc1)Nc1cccc(Cl)c1. The van der Waals surface area contributed by atoms with E-state index in [1.54, 1.807) is 29.7 Å². The van der Waals surface area contributed by atoms with Crippen molar-refractivity contribution in [1.82, 2.24) is 0 Å². The summed E-state index contributed by atoms with van der Waals surface area (Å²) in [5.41, 5.74) is 0.687. The predicted octanol–water partition coefficient (Wildman–Crippen LogP) is 4.58. The van der Waals surface area contributed by atoms with Crippen molar-refractivity contribution in [2.75, 3.05) is 5.32 Å². The van der Waals surface area contributed by atoms with Crippen molar-refractivity contribution in [3.63, 3.8) is 0 Å². The van der Waals surface area contributed by atoms with E-state index in [0.717, 1.165) is 4.90 Å². The van der Waals surface area contributed by atoms with Crippen molar-refractivity contribution < 1.29 is 4.79 Å². The minimum atomic E-state index is -0.175. The number of benzene rings is 2. The van der Waals surface area contributed by atoms with Crippen molar-refractivity contribution in [3.05, 3.63) is 71.1 Å². The molecule has 0 aliphatic carbocycles. The molecule has 4 heteroatoms. The molecule has 2 aromatic rings. The maximum atomic E-state index is 11.7. The quantitative estimate of drug-likeness (QED) is 0.659. The molecule has 0 bridgehead atoms. The second kappa shape index (κ2) is 7.02.